The van der Waals surface area contributed by atoms with Gasteiger partial charge >= 0.3 is 0 Å². The lowest BCUT2D eigenvalue weighted by molar-refractivity contribution is 0.577. The average molecular weight is 279 g/mol. The summed E-state index contributed by atoms with van der Waals surface area (Å²) in [5.74, 6) is 0.725. The molecule has 0 aliphatic rings. The number of furan rings is 1. The minimum Gasteiger partial charge on any atom is -0.464 e. The first-order valence-corrected chi connectivity index (χ1v) is 7.75. The lowest BCUT2D eigenvalue weighted by Gasteiger charge is -2.06. The van der Waals surface area contributed by atoms with Crippen LogP contribution in [-0.2, 0) is 10.0 Å². The van der Waals surface area contributed by atoms with Crippen LogP contribution in [0.2, 0.25) is 0 Å². The largest absolute Gasteiger partial charge is 0.464 e. The molecule has 19 heavy (non-hydrogen) atoms. The summed E-state index contributed by atoms with van der Waals surface area (Å²) in [4.78, 5) is 0.277. The molecule has 102 valence electrons. The fourth-order valence-corrected chi connectivity index (χ4v) is 2.78. The van der Waals surface area contributed by atoms with Crippen LogP contribution in [0.4, 0.5) is 0 Å². The Bertz CT molecular complexity index is 601. The average Bonchev–Trinajstić information content (AvgIpc) is 2.93. The lowest BCUT2D eigenvalue weighted by Crippen LogP contribution is -2.24. The van der Waals surface area contributed by atoms with Crippen LogP contribution < -0.4 is 4.72 Å². The zero-order valence-electron chi connectivity index (χ0n) is 10.8. The Hall–Kier alpha value is -1.59. The van der Waals surface area contributed by atoms with Crippen molar-refractivity contribution in [3.8, 4) is 11.3 Å². The Morgan fingerprint density at radius 3 is 2.47 bits per heavy atom. The first-order valence-electron chi connectivity index (χ1n) is 6.27. The summed E-state index contributed by atoms with van der Waals surface area (Å²) in [6, 6.07) is 10.3. The molecule has 4 nitrogen and oxygen atoms in total. The summed E-state index contributed by atoms with van der Waals surface area (Å²) in [5.41, 5.74) is 0.859. The predicted octanol–water partition coefficient (Wildman–Crippen LogP) is 3.03. The second-order valence-electron chi connectivity index (χ2n) is 4.25. The summed E-state index contributed by atoms with van der Waals surface area (Å²) in [6.07, 6.45) is 3.38. The summed E-state index contributed by atoms with van der Waals surface area (Å²) in [7, 11) is -3.40. The first-order chi connectivity index (χ1) is 9.13. The number of rotatable bonds is 6. The van der Waals surface area contributed by atoms with E-state index < -0.39 is 10.0 Å². The Labute approximate surface area is 113 Å². The fraction of sp³-hybridized carbons (Fsp3) is 0.286. The summed E-state index contributed by atoms with van der Waals surface area (Å²) in [5, 5.41) is 0. The summed E-state index contributed by atoms with van der Waals surface area (Å²) in [6.45, 7) is 2.49. The highest BCUT2D eigenvalue weighted by atomic mass is 32.2. The second kappa shape index (κ2) is 6.04. The van der Waals surface area contributed by atoms with Crippen molar-refractivity contribution in [3.05, 3.63) is 42.7 Å². The van der Waals surface area contributed by atoms with Crippen molar-refractivity contribution in [1.82, 2.24) is 4.72 Å². The molecule has 1 aromatic heterocycles. The minimum atomic E-state index is -3.40. The monoisotopic (exact) mass is 279 g/mol. The molecule has 5 heteroatoms. The van der Waals surface area contributed by atoms with Crippen LogP contribution in [0.25, 0.3) is 11.3 Å². The Morgan fingerprint density at radius 1 is 1.16 bits per heavy atom. The van der Waals surface area contributed by atoms with Gasteiger partial charge in [-0.25, -0.2) is 13.1 Å². The van der Waals surface area contributed by atoms with E-state index in [1.54, 1.807) is 36.6 Å². The van der Waals surface area contributed by atoms with E-state index in [1.807, 2.05) is 13.0 Å². The van der Waals surface area contributed by atoms with Gasteiger partial charge in [0.15, 0.2) is 0 Å². The molecule has 0 aliphatic heterocycles. The zero-order chi connectivity index (χ0) is 13.7. The van der Waals surface area contributed by atoms with Crippen LogP contribution in [-0.4, -0.2) is 15.0 Å². The van der Waals surface area contributed by atoms with E-state index in [2.05, 4.69) is 4.72 Å². The van der Waals surface area contributed by atoms with Crippen LogP contribution >= 0.6 is 0 Å². The third kappa shape index (κ3) is 3.45. The Kier molecular flexibility index (Phi) is 4.39. The molecule has 1 aromatic carbocycles. The normalized spacial score (nSPS) is 11.6. The van der Waals surface area contributed by atoms with E-state index in [4.69, 9.17) is 4.42 Å². The smallest absolute Gasteiger partial charge is 0.240 e. The highest BCUT2D eigenvalue weighted by Gasteiger charge is 2.13. The quantitative estimate of drug-likeness (QED) is 0.827. The maximum Gasteiger partial charge on any atom is 0.240 e. The standard InChI is InChI=1S/C14H17NO3S/c1-2-3-10-15-19(16,17)13-8-6-12(7-9-13)14-5-4-11-18-14/h4-9,11,15H,2-3,10H2,1H3. The molecule has 0 atom stereocenters. The molecular formula is C14H17NO3S. The third-order valence-corrected chi connectivity index (χ3v) is 4.27. The molecule has 2 aromatic rings. The molecule has 1 N–H and O–H groups in total. The van der Waals surface area contributed by atoms with Gasteiger partial charge in [-0.1, -0.05) is 13.3 Å². The van der Waals surface area contributed by atoms with Gasteiger partial charge in [0.25, 0.3) is 0 Å². The molecule has 0 amide bonds. The molecule has 0 spiro atoms. The zero-order valence-corrected chi connectivity index (χ0v) is 11.6. The van der Waals surface area contributed by atoms with Crippen molar-refractivity contribution >= 4 is 10.0 Å². The maximum absolute atomic E-state index is 12.0. The van der Waals surface area contributed by atoms with Gasteiger partial charge in [0.1, 0.15) is 5.76 Å². The Balaban J connectivity index is 2.14. The molecule has 0 bridgehead atoms. The number of sulfonamides is 1. The molecule has 0 radical (unpaired) electrons. The topological polar surface area (TPSA) is 59.3 Å². The van der Waals surface area contributed by atoms with Gasteiger partial charge in [0, 0.05) is 12.1 Å². The van der Waals surface area contributed by atoms with Gasteiger partial charge in [-0.15, -0.1) is 0 Å². The number of unbranched alkanes of at least 4 members (excludes halogenated alkanes) is 1. The van der Waals surface area contributed by atoms with Gasteiger partial charge in [0.05, 0.1) is 11.2 Å². The van der Waals surface area contributed by atoms with E-state index in [1.165, 1.54) is 0 Å². The Morgan fingerprint density at radius 2 is 1.89 bits per heavy atom. The third-order valence-electron chi connectivity index (χ3n) is 2.79. The molecule has 2 rings (SSSR count). The predicted molar refractivity (Wildman–Crippen MR) is 74.2 cm³/mol. The van der Waals surface area contributed by atoms with Gasteiger partial charge in [-0.2, -0.15) is 0 Å². The maximum atomic E-state index is 12.0. The van der Waals surface area contributed by atoms with E-state index in [0.29, 0.717) is 6.54 Å². The van der Waals surface area contributed by atoms with Gasteiger partial charge in [-0.3, -0.25) is 0 Å². The number of hydrogen-bond acceptors (Lipinski definition) is 3. The van der Waals surface area contributed by atoms with Crippen LogP contribution in [0.5, 0.6) is 0 Å². The second-order valence-corrected chi connectivity index (χ2v) is 6.02. The number of hydrogen-bond donors (Lipinski definition) is 1. The van der Waals surface area contributed by atoms with Gasteiger partial charge in [0.2, 0.25) is 10.0 Å². The number of nitrogens with one attached hydrogen (secondary N) is 1. The molecule has 0 unspecified atom stereocenters. The minimum absolute atomic E-state index is 0.277. The van der Waals surface area contributed by atoms with Crippen molar-refractivity contribution < 1.29 is 12.8 Å². The highest BCUT2D eigenvalue weighted by Crippen LogP contribution is 2.21. The van der Waals surface area contributed by atoms with Crippen molar-refractivity contribution in [2.24, 2.45) is 0 Å². The first kappa shape index (κ1) is 13.8. The van der Waals surface area contributed by atoms with E-state index in [0.717, 1.165) is 24.2 Å². The van der Waals surface area contributed by atoms with E-state index in [9.17, 15) is 8.42 Å². The fourth-order valence-electron chi connectivity index (χ4n) is 1.71. The van der Waals surface area contributed by atoms with Crippen LogP contribution in [0.15, 0.2) is 52.0 Å². The van der Waals surface area contributed by atoms with Crippen molar-refractivity contribution in [3.63, 3.8) is 0 Å². The molecule has 0 saturated heterocycles. The lowest BCUT2D eigenvalue weighted by atomic mass is 10.2. The number of benzene rings is 1. The van der Waals surface area contributed by atoms with Gasteiger partial charge < -0.3 is 4.42 Å². The highest BCUT2D eigenvalue weighted by molar-refractivity contribution is 7.89. The van der Waals surface area contributed by atoms with Crippen LogP contribution in [0.3, 0.4) is 0 Å². The summed E-state index contributed by atoms with van der Waals surface area (Å²) < 4.78 is 31.8. The van der Waals surface area contributed by atoms with Crippen molar-refractivity contribution in [1.29, 1.82) is 0 Å². The van der Waals surface area contributed by atoms with E-state index in [-0.39, 0.29) is 4.90 Å². The molecular weight excluding hydrogens is 262 g/mol. The van der Waals surface area contributed by atoms with E-state index >= 15 is 0 Å². The van der Waals surface area contributed by atoms with Crippen molar-refractivity contribution in [2.45, 2.75) is 24.7 Å². The van der Waals surface area contributed by atoms with Crippen LogP contribution in [0.1, 0.15) is 19.8 Å². The molecule has 0 saturated carbocycles. The van der Waals surface area contributed by atoms with Crippen molar-refractivity contribution in [2.75, 3.05) is 6.54 Å². The molecule has 0 fully saturated rings. The SMILES string of the molecule is CCCCNS(=O)(=O)c1ccc(-c2ccco2)cc1. The summed E-state index contributed by atoms with van der Waals surface area (Å²) >= 11 is 0. The van der Waals surface area contributed by atoms with Gasteiger partial charge in [-0.05, 0) is 42.8 Å². The molecule has 1 heterocycles. The van der Waals surface area contributed by atoms with Crippen LogP contribution in [0, 0.1) is 0 Å². The molecule has 0 aliphatic carbocycles.